The van der Waals surface area contributed by atoms with E-state index >= 15 is 0 Å². The summed E-state index contributed by atoms with van der Waals surface area (Å²) >= 11 is 0. The van der Waals surface area contributed by atoms with Crippen LogP contribution in [0, 0.1) is 0 Å². The Labute approximate surface area is 118 Å². The molecule has 0 spiro atoms. The van der Waals surface area contributed by atoms with Crippen LogP contribution in [0.5, 0.6) is 0 Å². The van der Waals surface area contributed by atoms with Gasteiger partial charge >= 0.3 is 7.59 Å². The normalized spacial score (nSPS) is 12.3. The maximum atomic E-state index is 13.3. The Balaban J connectivity index is 2.67. The molecule has 1 aromatic carbocycles. The zero-order valence-electron chi connectivity index (χ0n) is 12.1. The molecule has 0 aliphatic carbocycles. The lowest BCUT2D eigenvalue weighted by molar-refractivity contribution is 0.431. The Morgan fingerprint density at radius 1 is 1.10 bits per heavy atom. The lowest BCUT2D eigenvalue weighted by Crippen LogP contribution is -2.27. The number of hydrogen-bond donors (Lipinski definition) is 1. The number of aromatic nitrogens is 3. The van der Waals surface area contributed by atoms with Gasteiger partial charge in [0.15, 0.2) is 5.82 Å². The summed E-state index contributed by atoms with van der Waals surface area (Å²) in [5, 5.41) is 4.14. The molecule has 0 atom stereocenters. The molecule has 0 fully saturated rings. The molecule has 2 aromatic rings. The van der Waals surface area contributed by atoms with Crippen molar-refractivity contribution in [3.05, 3.63) is 30.3 Å². The molecule has 0 amide bonds. The van der Waals surface area contributed by atoms with E-state index in [4.69, 9.17) is 5.73 Å². The third-order valence-electron chi connectivity index (χ3n) is 2.93. The van der Waals surface area contributed by atoms with Crippen LogP contribution in [0.25, 0.3) is 11.4 Å². The molecule has 108 valence electrons. The molecule has 0 bridgehead atoms. The SMILES string of the molecule is CN(C)P(=O)(N(C)C)n1nc(N)nc1-c1ccccc1. The van der Waals surface area contributed by atoms with Crippen molar-refractivity contribution in [1.29, 1.82) is 0 Å². The summed E-state index contributed by atoms with van der Waals surface area (Å²) in [6.07, 6.45) is 0. The quantitative estimate of drug-likeness (QED) is 0.863. The topological polar surface area (TPSA) is 80.3 Å². The van der Waals surface area contributed by atoms with Gasteiger partial charge in [-0.2, -0.15) is 9.44 Å². The van der Waals surface area contributed by atoms with Crippen molar-refractivity contribution in [2.75, 3.05) is 33.9 Å². The van der Waals surface area contributed by atoms with Gasteiger partial charge in [0.2, 0.25) is 5.95 Å². The molecule has 0 unspecified atom stereocenters. The lowest BCUT2D eigenvalue weighted by atomic mass is 10.2. The molecule has 0 saturated heterocycles. The van der Waals surface area contributed by atoms with Gasteiger partial charge < -0.3 is 5.73 Å². The summed E-state index contributed by atoms with van der Waals surface area (Å²) in [7, 11) is 3.91. The van der Waals surface area contributed by atoms with Gasteiger partial charge in [-0.3, -0.25) is 4.57 Å². The van der Waals surface area contributed by atoms with E-state index in [1.165, 1.54) is 4.45 Å². The fourth-order valence-corrected chi connectivity index (χ4v) is 3.97. The van der Waals surface area contributed by atoms with Gasteiger partial charge in [0.25, 0.3) is 0 Å². The molecular weight excluding hydrogens is 275 g/mol. The number of hydrogen-bond acceptors (Lipinski definition) is 4. The van der Waals surface area contributed by atoms with Crippen LogP contribution in [-0.2, 0) is 4.57 Å². The van der Waals surface area contributed by atoms with Gasteiger partial charge in [-0.05, 0) is 28.2 Å². The van der Waals surface area contributed by atoms with E-state index in [-0.39, 0.29) is 5.95 Å². The Bertz CT molecular complexity index is 625. The molecule has 1 aromatic heterocycles. The molecule has 0 radical (unpaired) electrons. The van der Waals surface area contributed by atoms with E-state index in [0.29, 0.717) is 5.82 Å². The minimum atomic E-state index is -3.07. The maximum absolute atomic E-state index is 13.3. The van der Waals surface area contributed by atoms with Crippen LogP contribution in [0.2, 0.25) is 0 Å². The van der Waals surface area contributed by atoms with Crippen LogP contribution < -0.4 is 5.73 Å². The van der Waals surface area contributed by atoms with E-state index < -0.39 is 7.59 Å². The molecule has 7 nitrogen and oxygen atoms in total. The Kier molecular flexibility index (Phi) is 3.94. The van der Waals surface area contributed by atoms with Crippen molar-refractivity contribution in [2.45, 2.75) is 0 Å². The fourth-order valence-electron chi connectivity index (χ4n) is 1.97. The van der Waals surface area contributed by atoms with E-state index in [9.17, 15) is 4.57 Å². The van der Waals surface area contributed by atoms with Gasteiger partial charge in [-0.25, -0.2) is 9.34 Å². The number of benzene rings is 1. The molecule has 2 N–H and O–H groups in total. The van der Waals surface area contributed by atoms with E-state index in [1.807, 2.05) is 30.3 Å². The average molecular weight is 294 g/mol. The highest BCUT2D eigenvalue weighted by molar-refractivity contribution is 7.57. The molecular formula is C12H19N6OP. The van der Waals surface area contributed by atoms with Gasteiger partial charge in [0.05, 0.1) is 0 Å². The van der Waals surface area contributed by atoms with E-state index in [0.717, 1.165) is 5.56 Å². The Morgan fingerprint density at radius 2 is 1.65 bits per heavy atom. The highest BCUT2D eigenvalue weighted by Gasteiger charge is 2.35. The first-order chi connectivity index (χ1) is 9.37. The zero-order valence-corrected chi connectivity index (χ0v) is 13.0. The first-order valence-corrected chi connectivity index (χ1v) is 7.68. The first kappa shape index (κ1) is 14.7. The predicted molar refractivity (Wildman–Crippen MR) is 80.2 cm³/mol. The minimum absolute atomic E-state index is 0.104. The molecule has 1 heterocycles. The van der Waals surface area contributed by atoms with Crippen molar-refractivity contribution in [1.82, 2.24) is 23.9 Å². The van der Waals surface area contributed by atoms with Crippen molar-refractivity contribution in [3.63, 3.8) is 0 Å². The number of anilines is 1. The first-order valence-electron chi connectivity index (χ1n) is 6.12. The van der Waals surface area contributed by atoms with Crippen LogP contribution in [0.15, 0.2) is 30.3 Å². The molecule has 20 heavy (non-hydrogen) atoms. The summed E-state index contributed by atoms with van der Waals surface area (Å²) < 4.78 is 18.0. The van der Waals surface area contributed by atoms with Gasteiger partial charge in [0, 0.05) is 5.56 Å². The second-order valence-electron chi connectivity index (χ2n) is 4.76. The summed E-state index contributed by atoms with van der Waals surface area (Å²) in [4.78, 5) is 4.22. The van der Waals surface area contributed by atoms with Crippen molar-refractivity contribution < 1.29 is 4.57 Å². The molecule has 0 aliphatic rings. The largest absolute Gasteiger partial charge is 0.366 e. The second-order valence-corrected chi connectivity index (χ2v) is 7.76. The summed E-state index contributed by atoms with van der Waals surface area (Å²) in [6, 6.07) is 9.46. The summed E-state index contributed by atoms with van der Waals surface area (Å²) in [5.41, 5.74) is 6.53. The number of rotatable bonds is 4. The zero-order chi connectivity index (χ0) is 14.9. The predicted octanol–water partition coefficient (Wildman–Crippen LogP) is 1.61. The van der Waals surface area contributed by atoms with Crippen LogP contribution in [0.3, 0.4) is 0 Å². The van der Waals surface area contributed by atoms with Crippen LogP contribution in [0.1, 0.15) is 0 Å². The van der Waals surface area contributed by atoms with E-state index in [2.05, 4.69) is 10.1 Å². The Morgan fingerprint density at radius 3 is 2.15 bits per heavy atom. The number of nitrogen functional groups attached to an aromatic ring is 1. The second kappa shape index (κ2) is 5.36. The maximum Gasteiger partial charge on any atom is 0.331 e. The minimum Gasteiger partial charge on any atom is -0.366 e. The standard InChI is InChI=1S/C12H19N6OP/c1-16(2)20(19,17(3)4)18-11(14-12(13)15-18)10-8-6-5-7-9-10/h5-9H,1-4H3,(H2,13,15). The number of nitrogens with zero attached hydrogens (tertiary/aromatic N) is 5. The third-order valence-corrected chi connectivity index (χ3v) is 5.78. The molecule has 8 heteroatoms. The van der Waals surface area contributed by atoms with Crippen LogP contribution in [-0.4, -0.2) is 52.1 Å². The lowest BCUT2D eigenvalue weighted by Gasteiger charge is -2.30. The number of nitrogens with two attached hydrogens (primary N) is 1. The summed E-state index contributed by atoms with van der Waals surface area (Å²) in [6.45, 7) is 0. The fraction of sp³-hybridized carbons (Fsp3) is 0.333. The van der Waals surface area contributed by atoms with Crippen molar-refractivity contribution >= 4 is 13.5 Å². The molecule has 0 aliphatic heterocycles. The van der Waals surface area contributed by atoms with Gasteiger partial charge in [-0.15, -0.1) is 5.10 Å². The van der Waals surface area contributed by atoms with Crippen molar-refractivity contribution in [3.8, 4) is 11.4 Å². The highest BCUT2D eigenvalue weighted by atomic mass is 31.2. The Hall–Kier alpha value is -1.69. The summed E-state index contributed by atoms with van der Waals surface area (Å²) in [5.74, 6) is 0.599. The van der Waals surface area contributed by atoms with Crippen LogP contribution in [0.4, 0.5) is 5.95 Å². The highest BCUT2D eigenvalue weighted by Crippen LogP contribution is 2.52. The van der Waals surface area contributed by atoms with E-state index in [1.54, 1.807) is 37.5 Å². The third kappa shape index (κ3) is 2.35. The van der Waals surface area contributed by atoms with Gasteiger partial charge in [0.1, 0.15) is 0 Å². The van der Waals surface area contributed by atoms with Crippen LogP contribution >= 0.6 is 7.59 Å². The van der Waals surface area contributed by atoms with Gasteiger partial charge in [-0.1, -0.05) is 30.3 Å². The molecule has 0 saturated carbocycles. The smallest absolute Gasteiger partial charge is 0.331 e. The molecule has 2 rings (SSSR count). The van der Waals surface area contributed by atoms with Crippen molar-refractivity contribution in [2.24, 2.45) is 0 Å². The monoisotopic (exact) mass is 294 g/mol. The average Bonchev–Trinajstić information content (AvgIpc) is 2.80.